The summed E-state index contributed by atoms with van der Waals surface area (Å²) >= 11 is 0. The second-order valence-electron chi connectivity index (χ2n) is 13.4. The van der Waals surface area contributed by atoms with Gasteiger partial charge in [0.2, 0.25) is 11.9 Å². The molecule has 0 saturated heterocycles. The number of hydrogen-bond donors (Lipinski definition) is 2. The van der Waals surface area contributed by atoms with Gasteiger partial charge in [0.25, 0.3) is 0 Å². The first-order chi connectivity index (χ1) is 18.8. The second-order valence-corrected chi connectivity index (χ2v) is 13.4. The fourth-order valence-electron chi connectivity index (χ4n) is 7.69. The van der Waals surface area contributed by atoms with E-state index in [9.17, 15) is 0 Å². The first-order valence-corrected chi connectivity index (χ1v) is 17.1. The van der Waals surface area contributed by atoms with Crippen molar-refractivity contribution in [3.05, 3.63) is 5.82 Å². The van der Waals surface area contributed by atoms with Gasteiger partial charge in [-0.2, -0.15) is 15.0 Å². The summed E-state index contributed by atoms with van der Waals surface area (Å²) < 4.78 is 0. The lowest BCUT2D eigenvalue weighted by molar-refractivity contribution is 0.490. The summed E-state index contributed by atoms with van der Waals surface area (Å²) in [6, 6.07) is 1.04. The van der Waals surface area contributed by atoms with Crippen LogP contribution in [0.4, 0.5) is 11.9 Å². The Morgan fingerprint density at radius 3 is 1.53 bits per heavy atom. The van der Waals surface area contributed by atoms with E-state index in [2.05, 4.69) is 10.6 Å². The minimum Gasteiger partial charge on any atom is -0.351 e. The first kappa shape index (κ1) is 28.1. The van der Waals surface area contributed by atoms with E-state index in [1.807, 2.05) is 0 Å². The van der Waals surface area contributed by atoms with Crippen LogP contribution in [0, 0.1) is 11.8 Å². The van der Waals surface area contributed by atoms with Crippen LogP contribution in [0.5, 0.6) is 0 Å². The Hall–Kier alpha value is -1.39. The Kier molecular flexibility index (Phi) is 11.4. The van der Waals surface area contributed by atoms with Gasteiger partial charge in [-0.05, 0) is 50.4 Å². The molecular weight excluding hydrogens is 466 g/mol. The van der Waals surface area contributed by atoms with E-state index in [0.29, 0.717) is 18.0 Å². The Morgan fingerprint density at radius 2 is 0.921 bits per heavy atom. The molecule has 4 saturated carbocycles. The molecule has 0 bridgehead atoms. The lowest BCUT2D eigenvalue weighted by Crippen LogP contribution is -2.26. The Labute approximate surface area is 233 Å². The van der Waals surface area contributed by atoms with Gasteiger partial charge in [-0.3, -0.25) is 0 Å². The third kappa shape index (κ3) is 9.08. The number of nitrogens with one attached hydrogen (secondary N) is 2. The average Bonchev–Trinajstić information content (AvgIpc) is 3.67. The van der Waals surface area contributed by atoms with Crippen molar-refractivity contribution >= 4 is 11.9 Å². The van der Waals surface area contributed by atoms with Gasteiger partial charge in [-0.25, -0.2) is 0 Å². The minimum absolute atomic E-state index is 0.479. The van der Waals surface area contributed by atoms with E-state index < -0.39 is 0 Å². The summed E-state index contributed by atoms with van der Waals surface area (Å²) in [5.74, 6) is 5.04. The highest BCUT2D eigenvalue weighted by atomic mass is 15.2. The molecule has 2 N–H and O–H groups in total. The van der Waals surface area contributed by atoms with Crippen molar-refractivity contribution in [1.82, 2.24) is 15.0 Å². The van der Waals surface area contributed by atoms with Crippen LogP contribution < -0.4 is 10.6 Å². The smallest absolute Gasteiger partial charge is 0.227 e. The maximum atomic E-state index is 5.20. The molecule has 4 aliphatic rings. The lowest BCUT2D eigenvalue weighted by atomic mass is 9.94. The lowest BCUT2D eigenvalue weighted by Gasteiger charge is -2.23. The third-order valence-corrected chi connectivity index (χ3v) is 10.2. The van der Waals surface area contributed by atoms with Crippen LogP contribution in [0.1, 0.15) is 172 Å². The highest BCUT2D eigenvalue weighted by Gasteiger charge is 2.42. The molecule has 5 rings (SSSR count). The molecule has 4 fully saturated rings. The third-order valence-electron chi connectivity index (χ3n) is 10.2. The highest BCUT2D eigenvalue weighted by Crippen LogP contribution is 2.47. The van der Waals surface area contributed by atoms with Crippen LogP contribution in [0.15, 0.2) is 0 Å². The highest BCUT2D eigenvalue weighted by molar-refractivity contribution is 5.37. The van der Waals surface area contributed by atoms with Crippen LogP contribution in [0.2, 0.25) is 0 Å². The van der Waals surface area contributed by atoms with E-state index in [0.717, 1.165) is 29.6 Å². The molecule has 0 amide bonds. The van der Waals surface area contributed by atoms with Crippen LogP contribution >= 0.6 is 0 Å². The van der Waals surface area contributed by atoms with Crippen LogP contribution in [0.25, 0.3) is 0 Å². The molecule has 0 aromatic carbocycles. The summed E-state index contributed by atoms with van der Waals surface area (Å²) in [5, 5.41) is 7.76. The second kappa shape index (κ2) is 15.4. The van der Waals surface area contributed by atoms with E-state index in [1.54, 1.807) is 0 Å². The molecule has 5 heteroatoms. The molecule has 0 spiro atoms. The summed E-state index contributed by atoms with van der Waals surface area (Å²) in [4.78, 5) is 15.4. The van der Waals surface area contributed by atoms with Crippen molar-refractivity contribution in [1.29, 1.82) is 0 Å². The summed E-state index contributed by atoms with van der Waals surface area (Å²) in [6.07, 6.45) is 33.9. The monoisotopic (exact) mass is 523 g/mol. The molecule has 1 aromatic rings. The Balaban J connectivity index is 1.34. The van der Waals surface area contributed by atoms with Gasteiger partial charge in [-0.15, -0.1) is 0 Å². The number of anilines is 2. The summed E-state index contributed by atoms with van der Waals surface area (Å²) in [5.41, 5.74) is 0. The number of fused-ring (bicyclic) bond motifs is 1. The predicted octanol–water partition coefficient (Wildman–Crippen LogP) is 9.56. The summed E-state index contributed by atoms with van der Waals surface area (Å²) in [6.45, 7) is 0. The van der Waals surface area contributed by atoms with Gasteiger partial charge in [0.05, 0.1) is 0 Å². The van der Waals surface area contributed by atoms with Gasteiger partial charge < -0.3 is 10.6 Å². The molecule has 0 aliphatic heterocycles. The molecular formula is C33H57N5. The average molecular weight is 524 g/mol. The molecule has 214 valence electrons. The fourth-order valence-corrected chi connectivity index (χ4v) is 7.69. The zero-order valence-corrected chi connectivity index (χ0v) is 24.4. The maximum absolute atomic E-state index is 5.20. The SMILES string of the molecule is C1CCCCCC(c2nc(NC3CCCCCCCC3)nc(NC3CCCCCCC4CC43)n2)CCCC1. The maximum Gasteiger partial charge on any atom is 0.227 e. The zero-order valence-electron chi connectivity index (χ0n) is 24.4. The van der Waals surface area contributed by atoms with E-state index in [-0.39, 0.29) is 0 Å². The Bertz CT molecular complexity index is 791. The number of rotatable bonds is 5. The molecule has 1 heterocycles. The van der Waals surface area contributed by atoms with E-state index >= 15 is 0 Å². The fraction of sp³-hybridized carbons (Fsp3) is 0.909. The molecule has 3 unspecified atom stereocenters. The zero-order chi connectivity index (χ0) is 25.8. The van der Waals surface area contributed by atoms with Crippen LogP contribution in [-0.4, -0.2) is 27.0 Å². The van der Waals surface area contributed by atoms with Gasteiger partial charge in [0.15, 0.2) is 0 Å². The topological polar surface area (TPSA) is 62.7 Å². The van der Waals surface area contributed by atoms with Crippen molar-refractivity contribution in [2.24, 2.45) is 11.8 Å². The van der Waals surface area contributed by atoms with Crippen molar-refractivity contribution in [2.45, 2.75) is 179 Å². The largest absolute Gasteiger partial charge is 0.351 e. The van der Waals surface area contributed by atoms with Crippen molar-refractivity contribution in [3.8, 4) is 0 Å². The first-order valence-electron chi connectivity index (χ1n) is 17.1. The molecule has 0 radical (unpaired) electrons. The van der Waals surface area contributed by atoms with Gasteiger partial charge in [0.1, 0.15) is 5.82 Å². The van der Waals surface area contributed by atoms with Gasteiger partial charge >= 0.3 is 0 Å². The van der Waals surface area contributed by atoms with Crippen LogP contribution in [-0.2, 0) is 0 Å². The molecule has 1 aromatic heterocycles. The van der Waals surface area contributed by atoms with Crippen molar-refractivity contribution < 1.29 is 0 Å². The molecule has 3 atom stereocenters. The van der Waals surface area contributed by atoms with Gasteiger partial charge in [-0.1, -0.05) is 122 Å². The normalized spacial score (nSPS) is 29.6. The van der Waals surface area contributed by atoms with E-state index in [1.165, 1.54) is 161 Å². The van der Waals surface area contributed by atoms with Gasteiger partial charge in [0, 0.05) is 18.0 Å². The summed E-state index contributed by atoms with van der Waals surface area (Å²) in [7, 11) is 0. The van der Waals surface area contributed by atoms with Crippen LogP contribution in [0.3, 0.4) is 0 Å². The Morgan fingerprint density at radius 1 is 0.447 bits per heavy atom. The molecule has 4 aliphatic carbocycles. The predicted molar refractivity (Wildman–Crippen MR) is 160 cm³/mol. The van der Waals surface area contributed by atoms with Crippen molar-refractivity contribution in [2.75, 3.05) is 10.6 Å². The van der Waals surface area contributed by atoms with E-state index in [4.69, 9.17) is 15.0 Å². The number of nitrogens with zero attached hydrogens (tertiary/aromatic N) is 3. The number of hydrogen-bond acceptors (Lipinski definition) is 5. The standard InChI is InChI=1S/C33H57N5/c1-2-4-8-14-20-26(19-13-7-3-1)31-36-32(34-28-22-16-9-5-6-10-17-23-28)38-33(37-31)35-30-24-18-12-11-15-21-27-25-29(27)30/h26-30H,1-25H2,(H2,34,35,36,37,38). The molecule has 5 nitrogen and oxygen atoms in total. The number of aromatic nitrogens is 3. The minimum atomic E-state index is 0.479. The van der Waals surface area contributed by atoms with Crippen molar-refractivity contribution in [3.63, 3.8) is 0 Å². The molecule has 38 heavy (non-hydrogen) atoms. The quantitative estimate of drug-likeness (QED) is 0.402.